The Hall–Kier alpha value is -2.94. The molecule has 2 aromatic rings. The van der Waals surface area contributed by atoms with Gasteiger partial charge in [-0.25, -0.2) is 0 Å². The lowest BCUT2D eigenvalue weighted by Gasteiger charge is -2.14. The van der Waals surface area contributed by atoms with Crippen LogP contribution in [-0.2, 0) is 11.3 Å². The Bertz CT molecular complexity index is 763. The van der Waals surface area contributed by atoms with Gasteiger partial charge in [0, 0.05) is 31.1 Å². The van der Waals surface area contributed by atoms with E-state index in [2.05, 4.69) is 36.2 Å². The van der Waals surface area contributed by atoms with E-state index in [9.17, 15) is 4.79 Å². The van der Waals surface area contributed by atoms with Gasteiger partial charge >= 0.3 is 0 Å². The largest absolute Gasteiger partial charge is 0.330 e. The Kier molecular flexibility index (Phi) is 7.56. The minimum Gasteiger partial charge on any atom is -0.330 e. The van der Waals surface area contributed by atoms with Crippen molar-refractivity contribution in [2.45, 2.75) is 27.3 Å². The summed E-state index contributed by atoms with van der Waals surface area (Å²) in [5.41, 5.74) is 4.31. The Balaban J connectivity index is 0.000000342. The van der Waals surface area contributed by atoms with E-state index in [1.807, 2.05) is 61.2 Å². The molecule has 0 saturated carbocycles. The monoisotopic (exact) mass is 346 g/mol. The molecule has 1 fully saturated rings. The molecule has 0 N–H and O–H groups in total. The van der Waals surface area contributed by atoms with E-state index >= 15 is 0 Å². The highest BCUT2D eigenvalue weighted by molar-refractivity contribution is 6.01. The molecule has 1 aliphatic rings. The third kappa shape index (κ3) is 5.55. The second kappa shape index (κ2) is 10.1. The normalized spacial score (nSPS) is 17.4. The number of pyridine rings is 1. The van der Waals surface area contributed by atoms with Crippen LogP contribution in [0.15, 0.2) is 95.9 Å². The van der Waals surface area contributed by atoms with Gasteiger partial charge in [-0.15, -0.1) is 0 Å². The number of amides is 1. The molecule has 0 unspecified atom stereocenters. The zero-order chi connectivity index (χ0) is 18.8. The second-order valence-corrected chi connectivity index (χ2v) is 6.08. The number of nitrogens with zero attached hydrogens (tertiary/aromatic N) is 2. The average Bonchev–Trinajstić information content (AvgIpc) is 2.98. The standard InChI is InChI=1S/C18H21NO.C5H5N/c1-4-14(3)11-16-13-19(18(20)17(16)5-2)12-15-9-7-6-8-10-15;1-2-4-6-5-3-1/h4-11H,12-13H2,1-3H3;1-5H/b14-4-,16-11-,17-5-;. The molecule has 3 nitrogen and oxygen atoms in total. The Morgan fingerprint density at radius 1 is 1.08 bits per heavy atom. The van der Waals surface area contributed by atoms with Crippen LogP contribution >= 0.6 is 0 Å². The molecular formula is C23H26N2O. The maximum atomic E-state index is 12.4. The fourth-order valence-electron chi connectivity index (χ4n) is 2.70. The first-order valence-corrected chi connectivity index (χ1v) is 8.84. The summed E-state index contributed by atoms with van der Waals surface area (Å²) >= 11 is 0. The summed E-state index contributed by atoms with van der Waals surface area (Å²) in [5.74, 6) is 0.131. The molecule has 0 radical (unpaired) electrons. The molecule has 2 heterocycles. The molecule has 0 aliphatic carbocycles. The van der Waals surface area contributed by atoms with Gasteiger partial charge in [0.2, 0.25) is 0 Å². The van der Waals surface area contributed by atoms with E-state index in [0.29, 0.717) is 13.1 Å². The van der Waals surface area contributed by atoms with Crippen molar-refractivity contribution in [3.05, 3.63) is 101 Å². The molecule has 26 heavy (non-hydrogen) atoms. The summed E-state index contributed by atoms with van der Waals surface area (Å²) in [7, 11) is 0. The molecule has 3 heteroatoms. The molecule has 0 atom stereocenters. The van der Waals surface area contributed by atoms with Crippen LogP contribution in [-0.4, -0.2) is 22.3 Å². The van der Waals surface area contributed by atoms with Crippen molar-refractivity contribution in [3.8, 4) is 0 Å². The summed E-state index contributed by atoms with van der Waals surface area (Å²) in [6.07, 6.45) is 9.59. The topological polar surface area (TPSA) is 33.2 Å². The highest BCUT2D eigenvalue weighted by Gasteiger charge is 2.29. The number of hydrogen-bond acceptors (Lipinski definition) is 2. The lowest BCUT2D eigenvalue weighted by molar-refractivity contribution is -0.125. The fourth-order valence-corrected chi connectivity index (χ4v) is 2.70. The SMILES string of the molecule is C\C=C(C)/C=C1/CN(Cc2ccccc2)C(=O)/C1=C\C.c1ccncc1. The van der Waals surface area contributed by atoms with Gasteiger partial charge in [0.1, 0.15) is 0 Å². The Morgan fingerprint density at radius 2 is 1.73 bits per heavy atom. The molecule has 3 rings (SSSR count). The van der Waals surface area contributed by atoms with Gasteiger partial charge in [0.05, 0.1) is 0 Å². The highest BCUT2D eigenvalue weighted by atomic mass is 16.2. The number of allylic oxidation sites excluding steroid dienone is 4. The maximum Gasteiger partial charge on any atom is 0.254 e. The number of likely N-dealkylation sites (tertiary alicyclic amines) is 1. The van der Waals surface area contributed by atoms with Crippen LogP contribution in [0.5, 0.6) is 0 Å². The quantitative estimate of drug-likeness (QED) is 0.737. The maximum absolute atomic E-state index is 12.4. The van der Waals surface area contributed by atoms with Gasteiger partial charge in [0.15, 0.2) is 0 Å². The van der Waals surface area contributed by atoms with Crippen LogP contribution in [0, 0.1) is 0 Å². The molecule has 1 saturated heterocycles. The number of carbonyl (C=O) groups excluding carboxylic acids is 1. The van der Waals surface area contributed by atoms with Crippen molar-refractivity contribution in [2.75, 3.05) is 6.54 Å². The van der Waals surface area contributed by atoms with Gasteiger partial charge in [0.25, 0.3) is 5.91 Å². The van der Waals surface area contributed by atoms with Crippen molar-refractivity contribution in [2.24, 2.45) is 0 Å². The second-order valence-electron chi connectivity index (χ2n) is 6.08. The lowest BCUT2D eigenvalue weighted by Crippen LogP contribution is -2.24. The molecule has 1 aromatic carbocycles. The van der Waals surface area contributed by atoms with Crippen LogP contribution in [0.25, 0.3) is 0 Å². The lowest BCUT2D eigenvalue weighted by atomic mass is 10.1. The van der Waals surface area contributed by atoms with Gasteiger partial charge in [-0.05, 0) is 44.0 Å². The van der Waals surface area contributed by atoms with Gasteiger partial charge in [-0.2, -0.15) is 0 Å². The van der Waals surface area contributed by atoms with Gasteiger partial charge in [-0.1, -0.05) is 60.2 Å². The van der Waals surface area contributed by atoms with Crippen molar-refractivity contribution in [3.63, 3.8) is 0 Å². The zero-order valence-electron chi connectivity index (χ0n) is 15.7. The van der Waals surface area contributed by atoms with Crippen LogP contribution in [0.3, 0.4) is 0 Å². The average molecular weight is 346 g/mol. The molecular weight excluding hydrogens is 320 g/mol. The summed E-state index contributed by atoms with van der Waals surface area (Å²) in [6, 6.07) is 15.8. The smallest absolute Gasteiger partial charge is 0.254 e. The van der Waals surface area contributed by atoms with E-state index in [4.69, 9.17) is 0 Å². The van der Waals surface area contributed by atoms with E-state index in [0.717, 1.165) is 11.1 Å². The van der Waals surface area contributed by atoms with Crippen LogP contribution in [0.2, 0.25) is 0 Å². The predicted molar refractivity (Wildman–Crippen MR) is 107 cm³/mol. The first-order chi connectivity index (χ1) is 12.7. The van der Waals surface area contributed by atoms with Crippen LogP contribution in [0.1, 0.15) is 26.3 Å². The van der Waals surface area contributed by atoms with E-state index in [1.54, 1.807) is 12.4 Å². The number of rotatable bonds is 3. The minimum absolute atomic E-state index is 0.131. The summed E-state index contributed by atoms with van der Waals surface area (Å²) in [6.45, 7) is 7.37. The molecule has 0 bridgehead atoms. The fraction of sp³-hybridized carbons (Fsp3) is 0.217. The van der Waals surface area contributed by atoms with E-state index in [-0.39, 0.29) is 5.91 Å². The van der Waals surface area contributed by atoms with Gasteiger partial charge < -0.3 is 4.90 Å². The van der Waals surface area contributed by atoms with E-state index < -0.39 is 0 Å². The molecule has 134 valence electrons. The third-order valence-corrected chi connectivity index (χ3v) is 4.15. The number of hydrogen-bond donors (Lipinski definition) is 0. The number of carbonyl (C=O) groups is 1. The van der Waals surface area contributed by atoms with Crippen LogP contribution < -0.4 is 0 Å². The molecule has 0 spiro atoms. The van der Waals surface area contributed by atoms with E-state index in [1.165, 1.54) is 11.1 Å². The predicted octanol–water partition coefficient (Wildman–Crippen LogP) is 4.95. The van der Waals surface area contributed by atoms with Crippen molar-refractivity contribution in [1.29, 1.82) is 0 Å². The first kappa shape index (κ1) is 19.4. The Labute approximate surface area is 156 Å². The van der Waals surface area contributed by atoms with Gasteiger partial charge in [-0.3, -0.25) is 9.78 Å². The molecule has 1 aliphatic heterocycles. The number of aromatic nitrogens is 1. The molecule has 1 amide bonds. The third-order valence-electron chi connectivity index (χ3n) is 4.15. The van der Waals surface area contributed by atoms with Crippen molar-refractivity contribution < 1.29 is 4.79 Å². The zero-order valence-corrected chi connectivity index (χ0v) is 15.7. The Morgan fingerprint density at radius 3 is 2.23 bits per heavy atom. The summed E-state index contributed by atoms with van der Waals surface area (Å²) < 4.78 is 0. The highest BCUT2D eigenvalue weighted by Crippen LogP contribution is 2.26. The van der Waals surface area contributed by atoms with Crippen molar-refractivity contribution in [1.82, 2.24) is 9.88 Å². The summed E-state index contributed by atoms with van der Waals surface area (Å²) in [5, 5.41) is 0. The first-order valence-electron chi connectivity index (χ1n) is 8.84. The molecule has 1 aromatic heterocycles. The minimum atomic E-state index is 0.131. The summed E-state index contributed by atoms with van der Waals surface area (Å²) in [4.78, 5) is 18.1. The van der Waals surface area contributed by atoms with Crippen molar-refractivity contribution >= 4 is 5.91 Å². The number of benzene rings is 1. The van der Waals surface area contributed by atoms with Crippen LogP contribution in [0.4, 0.5) is 0 Å².